The number of nitrogens with one attached hydrogen (secondary N) is 1. The fourth-order valence-corrected chi connectivity index (χ4v) is 5.49. The van der Waals surface area contributed by atoms with Gasteiger partial charge in [-0.15, -0.1) is 0 Å². The highest BCUT2D eigenvalue weighted by molar-refractivity contribution is 6.30. The average Bonchev–Trinajstić information content (AvgIpc) is 3.28. The van der Waals surface area contributed by atoms with Gasteiger partial charge in [-0.05, 0) is 30.7 Å². The van der Waals surface area contributed by atoms with Crippen LogP contribution in [0.25, 0.3) is 0 Å². The number of carbonyl (C=O) groups is 2. The Balaban J connectivity index is 1.64. The molecule has 33 heavy (non-hydrogen) atoms. The normalized spacial score (nSPS) is 23.2. The Morgan fingerprint density at radius 3 is 2.55 bits per heavy atom. The third kappa shape index (κ3) is 3.26. The highest BCUT2D eigenvalue weighted by atomic mass is 35.5. The number of halogens is 1. The van der Waals surface area contributed by atoms with Crippen LogP contribution in [0.15, 0.2) is 72.8 Å². The van der Waals surface area contributed by atoms with Crippen molar-refractivity contribution in [1.29, 1.82) is 0 Å². The van der Waals surface area contributed by atoms with E-state index in [1.54, 1.807) is 41.3 Å². The van der Waals surface area contributed by atoms with Crippen molar-refractivity contribution in [2.24, 2.45) is 0 Å². The van der Waals surface area contributed by atoms with Gasteiger partial charge in [0.05, 0.1) is 17.6 Å². The van der Waals surface area contributed by atoms with E-state index in [-0.39, 0.29) is 12.2 Å². The predicted octanol–water partition coefficient (Wildman–Crippen LogP) is 5.27. The van der Waals surface area contributed by atoms with Gasteiger partial charge in [0, 0.05) is 33.9 Å². The smallest absolute Gasteiger partial charge is 0.265 e. The Kier molecular flexibility index (Phi) is 5.26. The van der Waals surface area contributed by atoms with Crippen LogP contribution in [0.5, 0.6) is 0 Å². The van der Waals surface area contributed by atoms with Gasteiger partial charge in [0.2, 0.25) is 0 Å². The highest BCUT2D eigenvalue weighted by Gasteiger charge is 2.58. The highest BCUT2D eigenvalue weighted by Crippen LogP contribution is 2.53. The van der Waals surface area contributed by atoms with Crippen LogP contribution in [0.3, 0.4) is 0 Å². The number of para-hydroxylation sites is 1. The summed E-state index contributed by atoms with van der Waals surface area (Å²) in [7, 11) is 0. The van der Waals surface area contributed by atoms with Gasteiger partial charge >= 0.3 is 0 Å². The number of amides is 1. The molecule has 2 aliphatic rings. The van der Waals surface area contributed by atoms with Crippen LogP contribution in [0.1, 0.15) is 47.7 Å². The molecule has 2 heterocycles. The lowest BCUT2D eigenvalue weighted by atomic mass is 9.84. The van der Waals surface area contributed by atoms with E-state index in [2.05, 4.69) is 12.2 Å². The van der Waals surface area contributed by atoms with Crippen molar-refractivity contribution in [1.82, 2.24) is 0 Å². The first-order chi connectivity index (χ1) is 15.9. The molecule has 2 N–H and O–H groups in total. The minimum absolute atomic E-state index is 0.277. The van der Waals surface area contributed by atoms with Gasteiger partial charge in [-0.3, -0.25) is 14.5 Å². The quantitative estimate of drug-likeness (QED) is 0.492. The zero-order valence-electron chi connectivity index (χ0n) is 18.3. The van der Waals surface area contributed by atoms with E-state index in [4.69, 9.17) is 11.6 Å². The number of carbonyl (C=O) groups excluding carboxylic acids is 2. The standard InChI is InChI=1S/C27H25ClN2O3/c1-2-14-26(17-29-22-13-12-19(28)15-21(22)26)30-23-11-7-6-10-20(23)27(33,25(30)32)16-24(31)18-8-4-3-5-9-18/h3-13,15,29,33H,2,14,16-17H2,1H3. The fourth-order valence-electron chi connectivity index (χ4n) is 5.32. The van der Waals surface area contributed by atoms with E-state index in [0.717, 1.165) is 17.7 Å². The summed E-state index contributed by atoms with van der Waals surface area (Å²) in [6, 6.07) is 21.6. The molecule has 168 valence electrons. The van der Waals surface area contributed by atoms with Crippen molar-refractivity contribution >= 4 is 34.7 Å². The second-order valence-corrected chi connectivity index (χ2v) is 9.25. The minimum atomic E-state index is -1.94. The Labute approximate surface area is 198 Å². The number of rotatable bonds is 6. The number of anilines is 2. The number of aliphatic hydroxyl groups is 1. The lowest BCUT2D eigenvalue weighted by Crippen LogP contribution is -2.53. The second kappa shape index (κ2) is 8.01. The van der Waals surface area contributed by atoms with Crippen molar-refractivity contribution in [3.8, 4) is 0 Å². The summed E-state index contributed by atoms with van der Waals surface area (Å²) in [5, 5.41) is 15.8. The third-order valence-corrected chi connectivity index (χ3v) is 7.04. The molecule has 0 aromatic heterocycles. The molecule has 6 heteroatoms. The topological polar surface area (TPSA) is 69.6 Å². The molecular weight excluding hydrogens is 436 g/mol. The summed E-state index contributed by atoms with van der Waals surface area (Å²) in [4.78, 5) is 28.9. The molecule has 0 bridgehead atoms. The Hall–Kier alpha value is -3.15. The Morgan fingerprint density at radius 1 is 1.06 bits per heavy atom. The molecule has 0 saturated heterocycles. The second-order valence-electron chi connectivity index (χ2n) is 8.81. The third-order valence-electron chi connectivity index (χ3n) is 6.81. The van der Waals surface area contributed by atoms with Crippen molar-refractivity contribution in [3.05, 3.63) is 94.5 Å². The SMILES string of the molecule is CCCC1(N2C(=O)C(O)(CC(=O)c3ccccc3)c3ccccc32)CNc2ccc(Cl)cc21. The van der Waals surface area contributed by atoms with Gasteiger partial charge in [-0.25, -0.2) is 0 Å². The van der Waals surface area contributed by atoms with Gasteiger partial charge in [0.15, 0.2) is 11.4 Å². The largest absolute Gasteiger partial charge is 0.382 e. The monoisotopic (exact) mass is 460 g/mol. The molecule has 0 spiro atoms. The average molecular weight is 461 g/mol. The molecule has 2 atom stereocenters. The number of hydrogen-bond acceptors (Lipinski definition) is 4. The predicted molar refractivity (Wildman–Crippen MR) is 130 cm³/mol. The number of Topliss-reactive ketones (excluding diaryl/α,β-unsaturated/α-hetero) is 1. The summed E-state index contributed by atoms with van der Waals surface area (Å²) >= 11 is 6.36. The van der Waals surface area contributed by atoms with Crippen molar-refractivity contribution in [3.63, 3.8) is 0 Å². The van der Waals surface area contributed by atoms with Crippen molar-refractivity contribution in [2.75, 3.05) is 16.8 Å². The van der Waals surface area contributed by atoms with E-state index >= 15 is 0 Å². The molecule has 0 radical (unpaired) electrons. The fraction of sp³-hybridized carbons (Fsp3) is 0.259. The van der Waals surface area contributed by atoms with E-state index in [1.807, 2.05) is 36.4 Å². The number of ketones is 1. The summed E-state index contributed by atoms with van der Waals surface area (Å²) in [5.74, 6) is -0.753. The van der Waals surface area contributed by atoms with Crippen LogP contribution in [-0.2, 0) is 15.9 Å². The summed E-state index contributed by atoms with van der Waals surface area (Å²) in [6.07, 6.45) is 1.18. The van der Waals surface area contributed by atoms with Crippen LogP contribution in [0, 0.1) is 0 Å². The van der Waals surface area contributed by atoms with Crippen LogP contribution in [-0.4, -0.2) is 23.3 Å². The van der Waals surface area contributed by atoms with Crippen LogP contribution >= 0.6 is 11.6 Å². The molecule has 3 aromatic rings. The van der Waals surface area contributed by atoms with Crippen molar-refractivity contribution in [2.45, 2.75) is 37.3 Å². The van der Waals surface area contributed by atoms with Crippen molar-refractivity contribution < 1.29 is 14.7 Å². The van der Waals surface area contributed by atoms with E-state index in [1.165, 1.54) is 0 Å². The number of fused-ring (bicyclic) bond motifs is 2. The van der Waals surface area contributed by atoms with Crippen LogP contribution in [0.4, 0.5) is 11.4 Å². The molecule has 2 aliphatic heterocycles. The van der Waals surface area contributed by atoms with E-state index < -0.39 is 17.0 Å². The molecule has 0 fully saturated rings. The lowest BCUT2D eigenvalue weighted by molar-refractivity contribution is -0.137. The molecule has 5 rings (SSSR count). The van der Waals surface area contributed by atoms with Gasteiger partial charge in [-0.2, -0.15) is 0 Å². The molecule has 0 saturated carbocycles. The number of hydrogen-bond donors (Lipinski definition) is 2. The number of nitrogens with zero attached hydrogens (tertiary/aromatic N) is 1. The maximum Gasteiger partial charge on any atom is 0.265 e. The van der Waals surface area contributed by atoms with Gasteiger partial charge in [-0.1, -0.05) is 73.5 Å². The minimum Gasteiger partial charge on any atom is -0.382 e. The first-order valence-corrected chi connectivity index (χ1v) is 11.6. The summed E-state index contributed by atoms with van der Waals surface area (Å²) in [5.41, 5.74) is 0.762. The summed E-state index contributed by atoms with van der Waals surface area (Å²) < 4.78 is 0. The Morgan fingerprint density at radius 2 is 1.79 bits per heavy atom. The van der Waals surface area contributed by atoms with E-state index in [0.29, 0.717) is 34.8 Å². The van der Waals surface area contributed by atoms with Gasteiger partial charge in [0.1, 0.15) is 0 Å². The first-order valence-electron chi connectivity index (χ1n) is 11.2. The maximum absolute atomic E-state index is 14.1. The molecule has 3 aromatic carbocycles. The number of benzene rings is 3. The van der Waals surface area contributed by atoms with E-state index in [9.17, 15) is 14.7 Å². The first kappa shape index (κ1) is 21.7. The van der Waals surface area contributed by atoms with Gasteiger partial charge in [0.25, 0.3) is 5.91 Å². The Bertz CT molecular complexity index is 1240. The molecule has 1 amide bonds. The maximum atomic E-state index is 14.1. The van der Waals surface area contributed by atoms with Gasteiger partial charge < -0.3 is 10.4 Å². The molecule has 0 aliphatic carbocycles. The van der Waals surface area contributed by atoms with Crippen LogP contribution in [0.2, 0.25) is 5.02 Å². The summed E-state index contributed by atoms with van der Waals surface area (Å²) in [6.45, 7) is 2.57. The van der Waals surface area contributed by atoms with Crippen LogP contribution < -0.4 is 10.2 Å². The molecule has 5 nitrogen and oxygen atoms in total. The molecule has 2 unspecified atom stereocenters. The zero-order valence-corrected chi connectivity index (χ0v) is 19.1. The lowest BCUT2D eigenvalue weighted by Gasteiger charge is -2.40. The molecular formula is C27H25ClN2O3. The zero-order chi connectivity index (χ0) is 23.2.